The van der Waals surface area contributed by atoms with Crippen LogP contribution in [0.4, 0.5) is 23.2 Å². The van der Waals surface area contributed by atoms with Crippen molar-refractivity contribution in [2.45, 2.75) is 12.7 Å². The Morgan fingerprint density at radius 1 is 1.06 bits per heavy atom. The second-order valence-corrected chi connectivity index (χ2v) is 7.50. The fourth-order valence-corrected chi connectivity index (χ4v) is 3.93. The van der Waals surface area contributed by atoms with Gasteiger partial charge in [0.25, 0.3) is 5.56 Å². The summed E-state index contributed by atoms with van der Waals surface area (Å²) in [6.45, 7) is -0.374. The van der Waals surface area contributed by atoms with Crippen LogP contribution in [0.15, 0.2) is 65.0 Å². The summed E-state index contributed by atoms with van der Waals surface area (Å²) >= 11 is 1.25. The van der Waals surface area contributed by atoms with E-state index >= 15 is 0 Å². The van der Waals surface area contributed by atoms with Crippen LogP contribution in [0.2, 0.25) is 0 Å². The van der Waals surface area contributed by atoms with Crippen LogP contribution < -0.4 is 10.9 Å². The predicted octanol–water partition coefficient (Wildman–Crippen LogP) is 4.92. The van der Waals surface area contributed by atoms with E-state index in [4.69, 9.17) is 0 Å². The van der Waals surface area contributed by atoms with Crippen LogP contribution >= 0.6 is 11.3 Å². The van der Waals surface area contributed by atoms with Gasteiger partial charge < -0.3 is 5.32 Å². The number of carbonyl (C=O) groups is 1. The Labute approximate surface area is 176 Å². The summed E-state index contributed by atoms with van der Waals surface area (Å²) in [6, 6.07) is 9.64. The van der Waals surface area contributed by atoms with E-state index in [0.717, 1.165) is 28.8 Å². The quantitative estimate of drug-likeness (QED) is 0.452. The van der Waals surface area contributed by atoms with E-state index in [1.54, 1.807) is 17.5 Å². The molecular formula is C21H13F4N3O2S. The number of thiophene rings is 1. The summed E-state index contributed by atoms with van der Waals surface area (Å²) < 4.78 is 52.2. The lowest BCUT2D eigenvalue weighted by Gasteiger charge is -2.10. The molecule has 0 unspecified atom stereocenters. The molecular weight excluding hydrogens is 434 g/mol. The minimum Gasteiger partial charge on any atom is -0.325 e. The lowest BCUT2D eigenvalue weighted by atomic mass is 10.1. The molecule has 0 saturated heterocycles. The van der Waals surface area contributed by atoms with Crippen molar-refractivity contribution in [2.75, 3.05) is 5.32 Å². The number of fused-ring (bicyclic) bond motifs is 1. The molecule has 0 aliphatic rings. The number of aromatic nitrogens is 2. The fraction of sp³-hybridized carbons (Fsp3) is 0.0952. The van der Waals surface area contributed by atoms with Crippen molar-refractivity contribution in [2.24, 2.45) is 0 Å². The molecule has 2 aromatic heterocycles. The Morgan fingerprint density at radius 3 is 2.39 bits per heavy atom. The highest BCUT2D eigenvalue weighted by Gasteiger charge is 2.30. The zero-order chi connectivity index (χ0) is 22.2. The van der Waals surface area contributed by atoms with Gasteiger partial charge in [-0.3, -0.25) is 14.2 Å². The van der Waals surface area contributed by atoms with Crippen molar-refractivity contribution in [3.63, 3.8) is 0 Å². The van der Waals surface area contributed by atoms with Crippen molar-refractivity contribution in [1.82, 2.24) is 9.55 Å². The lowest BCUT2D eigenvalue weighted by molar-refractivity contribution is -0.137. The molecule has 5 nitrogen and oxygen atoms in total. The Morgan fingerprint density at radius 2 is 1.74 bits per heavy atom. The van der Waals surface area contributed by atoms with Gasteiger partial charge in [0.1, 0.15) is 17.2 Å². The molecule has 0 atom stereocenters. The second kappa shape index (κ2) is 7.95. The van der Waals surface area contributed by atoms with Gasteiger partial charge in [0.05, 0.1) is 17.3 Å². The van der Waals surface area contributed by atoms with E-state index in [2.05, 4.69) is 10.3 Å². The molecule has 1 N–H and O–H groups in total. The van der Waals surface area contributed by atoms with E-state index in [0.29, 0.717) is 21.3 Å². The summed E-state index contributed by atoms with van der Waals surface area (Å²) in [4.78, 5) is 29.9. The molecule has 4 rings (SSSR count). The minimum atomic E-state index is -4.47. The Hall–Kier alpha value is -3.53. The first-order valence-corrected chi connectivity index (χ1v) is 9.80. The number of hydrogen-bond acceptors (Lipinski definition) is 4. The Bertz CT molecular complexity index is 1310. The normalized spacial score (nSPS) is 11.6. The standard InChI is InChI=1S/C21H13F4N3O2S/c22-14-5-1-12(2-6-14)16-10-31-19-18(16)20(30)28(11-26-19)9-17(29)27-15-7-3-13(4-8-15)21(23,24)25/h1-8,10-11H,9H2,(H,27,29). The topological polar surface area (TPSA) is 64.0 Å². The lowest BCUT2D eigenvalue weighted by Crippen LogP contribution is -2.27. The van der Waals surface area contributed by atoms with Gasteiger partial charge in [0, 0.05) is 16.6 Å². The summed E-state index contributed by atoms with van der Waals surface area (Å²) in [6.07, 6.45) is -3.23. The number of benzene rings is 2. The summed E-state index contributed by atoms with van der Waals surface area (Å²) in [7, 11) is 0. The highest BCUT2D eigenvalue weighted by atomic mass is 32.1. The number of halogens is 4. The second-order valence-electron chi connectivity index (χ2n) is 6.64. The third kappa shape index (κ3) is 4.33. The van der Waals surface area contributed by atoms with Gasteiger partial charge in [-0.1, -0.05) is 12.1 Å². The van der Waals surface area contributed by atoms with Gasteiger partial charge in [-0.25, -0.2) is 9.37 Å². The fourth-order valence-electron chi connectivity index (χ4n) is 3.02. The van der Waals surface area contributed by atoms with Gasteiger partial charge in [-0.15, -0.1) is 11.3 Å². The zero-order valence-corrected chi connectivity index (χ0v) is 16.4. The predicted molar refractivity (Wildman–Crippen MR) is 109 cm³/mol. The number of rotatable bonds is 4. The summed E-state index contributed by atoms with van der Waals surface area (Å²) in [5, 5.41) is 4.50. The van der Waals surface area contributed by atoms with Crippen LogP contribution in [-0.2, 0) is 17.5 Å². The van der Waals surface area contributed by atoms with Crippen molar-refractivity contribution < 1.29 is 22.4 Å². The number of carbonyl (C=O) groups excluding carboxylic acids is 1. The molecule has 0 aliphatic heterocycles. The Kier molecular flexibility index (Phi) is 5.32. The molecule has 0 saturated carbocycles. The Balaban J connectivity index is 1.58. The van der Waals surface area contributed by atoms with Gasteiger partial charge >= 0.3 is 6.18 Å². The highest BCUT2D eigenvalue weighted by molar-refractivity contribution is 7.17. The van der Waals surface area contributed by atoms with E-state index in [-0.39, 0.29) is 12.2 Å². The van der Waals surface area contributed by atoms with Crippen LogP contribution in [0.1, 0.15) is 5.56 Å². The van der Waals surface area contributed by atoms with E-state index in [9.17, 15) is 27.2 Å². The maximum atomic E-state index is 13.2. The van der Waals surface area contributed by atoms with Gasteiger partial charge in [-0.2, -0.15) is 13.2 Å². The van der Waals surface area contributed by atoms with Gasteiger partial charge in [-0.05, 0) is 42.0 Å². The van der Waals surface area contributed by atoms with E-state index < -0.39 is 29.0 Å². The summed E-state index contributed by atoms with van der Waals surface area (Å²) in [5.74, 6) is -1.000. The highest BCUT2D eigenvalue weighted by Crippen LogP contribution is 2.31. The molecule has 158 valence electrons. The van der Waals surface area contributed by atoms with Crippen molar-refractivity contribution in [3.05, 3.63) is 82.0 Å². The van der Waals surface area contributed by atoms with Crippen LogP contribution in [-0.4, -0.2) is 15.5 Å². The molecule has 0 bridgehead atoms. The molecule has 10 heteroatoms. The van der Waals surface area contributed by atoms with Gasteiger partial charge in [0.2, 0.25) is 5.91 Å². The summed E-state index contributed by atoms with van der Waals surface area (Å²) in [5.41, 5.74) is 0.103. The third-order valence-corrected chi connectivity index (χ3v) is 5.41. The monoisotopic (exact) mass is 447 g/mol. The van der Waals surface area contributed by atoms with Crippen LogP contribution in [0.25, 0.3) is 21.3 Å². The van der Waals surface area contributed by atoms with Crippen molar-refractivity contribution >= 4 is 33.1 Å². The first-order valence-electron chi connectivity index (χ1n) is 8.92. The number of anilines is 1. The van der Waals surface area contributed by atoms with Crippen LogP contribution in [0.3, 0.4) is 0 Å². The third-order valence-electron chi connectivity index (χ3n) is 4.53. The number of nitrogens with zero attached hydrogens (tertiary/aromatic N) is 2. The minimum absolute atomic E-state index is 0.169. The number of amides is 1. The largest absolute Gasteiger partial charge is 0.416 e. The zero-order valence-electron chi connectivity index (χ0n) is 15.6. The number of hydrogen-bond donors (Lipinski definition) is 1. The number of nitrogens with one attached hydrogen (secondary N) is 1. The molecule has 2 heterocycles. The molecule has 0 radical (unpaired) electrons. The van der Waals surface area contributed by atoms with Gasteiger partial charge in [0.15, 0.2) is 0 Å². The smallest absolute Gasteiger partial charge is 0.325 e. The number of alkyl halides is 3. The van der Waals surface area contributed by atoms with Crippen LogP contribution in [0.5, 0.6) is 0 Å². The maximum Gasteiger partial charge on any atom is 0.416 e. The van der Waals surface area contributed by atoms with E-state index in [1.165, 1.54) is 29.8 Å². The van der Waals surface area contributed by atoms with Crippen LogP contribution in [0, 0.1) is 5.82 Å². The molecule has 2 aromatic carbocycles. The molecule has 0 aliphatic carbocycles. The molecule has 1 amide bonds. The maximum absolute atomic E-state index is 13.2. The molecule has 4 aromatic rings. The molecule has 0 spiro atoms. The van der Waals surface area contributed by atoms with E-state index in [1.807, 2.05) is 0 Å². The molecule has 31 heavy (non-hydrogen) atoms. The first-order chi connectivity index (χ1) is 14.7. The average molecular weight is 447 g/mol. The average Bonchev–Trinajstić information content (AvgIpc) is 3.15. The van der Waals surface area contributed by atoms with Crippen molar-refractivity contribution in [3.8, 4) is 11.1 Å². The first kappa shape index (κ1) is 20.7. The SMILES string of the molecule is O=C(Cn1cnc2scc(-c3ccc(F)cc3)c2c1=O)Nc1ccc(C(F)(F)F)cc1. The van der Waals surface area contributed by atoms with Crippen molar-refractivity contribution in [1.29, 1.82) is 0 Å². The molecule has 0 fully saturated rings.